The number of nitrogens with zero attached hydrogens (tertiary/aromatic N) is 1. The average molecular weight is 417 g/mol. The molecule has 4 nitrogen and oxygen atoms in total. The van der Waals surface area contributed by atoms with Crippen LogP contribution in [0.1, 0.15) is 22.3 Å². The van der Waals surface area contributed by atoms with Crippen LogP contribution in [0.2, 0.25) is 5.02 Å². The molecule has 0 aliphatic rings. The number of carbonyl (C=O) groups is 1. The monoisotopic (exact) mass is 416 g/mol. The summed E-state index contributed by atoms with van der Waals surface area (Å²) in [6.45, 7) is 4.30. The highest BCUT2D eigenvalue weighted by Gasteiger charge is 2.12. The summed E-state index contributed by atoms with van der Waals surface area (Å²) in [5.41, 5.74) is 4.41. The van der Waals surface area contributed by atoms with Gasteiger partial charge in [-0.1, -0.05) is 48.0 Å². The first-order valence-corrected chi connectivity index (χ1v) is 9.81. The maximum Gasteiger partial charge on any atom is 0.266 e. The molecule has 3 aromatic carbocycles. The Balaban J connectivity index is 1.79. The van der Waals surface area contributed by atoms with Gasteiger partial charge in [0.15, 0.2) is 0 Å². The number of nitriles is 1. The lowest BCUT2D eigenvalue weighted by Crippen LogP contribution is -2.13. The number of aryl methyl sites for hydroxylation is 2. The summed E-state index contributed by atoms with van der Waals surface area (Å²) in [4.78, 5) is 12.6. The zero-order chi connectivity index (χ0) is 21.5. The van der Waals surface area contributed by atoms with Crippen LogP contribution in [0.3, 0.4) is 0 Å². The first-order chi connectivity index (χ1) is 14.5. The van der Waals surface area contributed by atoms with Crippen molar-refractivity contribution < 1.29 is 9.53 Å². The summed E-state index contributed by atoms with van der Waals surface area (Å²) in [6.07, 6.45) is 1.53. The normalized spacial score (nSPS) is 10.9. The van der Waals surface area contributed by atoms with E-state index >= 15 is 0 Å². The Labute approximate surface area is 181 Å². The van der Waals surface area contributed by atoms with E-state index in [-0.39, 0.29) is 5.57 Å². The van der Waals surface area contributed by atoms with E-state index in [9.17, 15) is 10.1 Å². The number of nitrogens with one attached hydrogen (secondary N) is 1. The van der Waals surface area contributed by atoms with Crippen molar-refractivity contribution in [1.29, 1.82) is 5.26 Å². The first-order valence-electron chi connectivity index (χ1n) is 9.43. The Hall–Kier alpha value is -3.55. The smallest absolute Gasteiger partial charge is 0.266 e. The number of anilines is 1. The molecule has 0 atom stereocenters. The van der Waals surface area contributed by atoms with Crippen molar-refractivity contribution in [3.8, 4) is 11.8 Å². The van der Waals surface area contributed by atoms with Gasteiger partial charge in [-0.2, -0.15) is 5.26 Å². The number of halogens is 1. The molecule has 0 fully saturated rings. The number of benzene rings is 3. The van der Waals surface area contributed by atoms with E-state index in [0.29, 0.717) is 28.6 Å². The predicted octanol–water partition coefficient (Wildman–Crippen LogP) is 6.08. The molecule has 30 heavy (non-hydrogen) atoms. The minimum absolute atomic E-state index is 0.00738. The van der Waals surface area contributed by atoms with Gasteiger partial charge >= 0.3 is 0 Å². The van der Waals surface area contributed by atoms with Gasteiger partial charge in [0.2, 0.25) is 0 Å². The second kappa shape index (κ2) is 9.78. The van der Waals surface area contributed by atoms with Gasteiger partial charge in [-0.05, 0) is 66.9 Å². The lowest BCUT2D eigenvalue weighted by Gasteiger charge is -2.10. The molecule has 3 rings (SSSR count). The highest BCUT2D eigenvalue weighted by Crippen LogP contribution is 2.23. The number of ether oxygens (including phenoxy) is 1. The summed E-state index contributed by atoms with van der Waals surface area (Å²) in [6, 6.07) is 22.3. The van der Waals surface area contributed by atoms with Gasteiger partial charge in [-0.3, -0.25) is 4.79 Å². The van der Waals surface area contributed by atoms with Crippen LogP contribution in [-0.2, 0) is 11.4 Å². The van der Waals surface area contributed by atoms with Crippen LogP contribution in [0.5, 0.6) is 5.75 Å². The Kier molecular flexibility index (Phi) is 6.90. The molecular formula is C25H21ClN2O2. The van der Waals surface area contributed by atoms with E-state index in [0.717, 1.165) is 16.7 Å². The maximum atomic E-state index is 12.6. The molecule has 0 saturated heterocycles. The molecule has 0 aliphatic carbocycles. The highest BCUT2D eigenvalue weighted by atomic mass is 35.5. The van der Waals surface area contributed by atoms with Crippen LogP contribution >= 0.6 is 11.6 Å². The van der Waals surface area contributed by atoms with E-state index in [4.69, 9.17) is 16.3 Å². The molecule has 0 aliphatic heterocycles. The first kappa shape index (κ1) is 21.2. The number of hydrogen-bond donors (Lipinski definition) is 1. The average Bonchev–Trinajstić information content (AvgIpc) is 2.74. The zero-order valence-electron chi connectivity index (χ0n) is 16.8. The largest absolute Gasteiger partial charge is 0.488 e. The SMILES string of the molecule is Cc1ccc(NC(=O)/C(C#N)=C/c2ccccc2OCc2cccc(Cl)c2)cc1C. The molecular weight excluding hydrogens is 396 g/mol. The van der Waals surface area contributed by atoms with E-state index in [2.05, 4.69) is 5.32 Å². The summed E-state index contributed by atoms with van der Waals surface area (Å²) in [5.74, 6) is 0.106. The fourth-order valence-electron chi connectivity index (χ4n) is 2.84. The molecule has 3 aromatic rings. The van der Waals surface area contributed by atoms with E-state index < -0.39 is 5.91 Å². The zero-order valence-corrected chi connectivity index (χ0v) is 17.5. The van der Waals surface area contributed by atoms with Crippen molar-refractivity contribution in [2.24, 2.45) is 0 Å². The van der Waals surface area contributed by atoms with Crippen molar-refractivity contribution in [3.63, 3.8) is 0 Å². The van der Waals surface area contributed by atoms with Gasteiger partial charge in [0.05, 0.1) is 0 Å². The Morgan fingerprint density at radius 2 is 1.87 bits per heavy atom. The quantitative estimate of drug-likeness (QED) is 0.391. The van der Waals surface area contributed by atoms with Crippen LogP contribution in [-0.4, -0.2) is 5.91 Å². The molecule has 0 saturated carbocycles. The summed E-state index contributed by atoms with van der Waals surface area (Å²) in [5, 5.41) is 12.9. The fourth-order valence-corrected chi connectivity index (χ4v) is 3.05. The van der Waals surface area contributed by atoms with Crippen molar-refractivity contribution in [2.45, 2.75) is 20.5 Å². The molecule has 1 N–H and O–H groups in total. The second-order valence-corrected chi connectivity index (χ2v) is 7.32. The van der Waals surface area contributed by atoms with Crippen molar-refractivity contribution in [2.75, 3.05) is 5.32 Å². The molecule has 1 amide bonds. The molecule has 0 heterocycles. The van der Waals surface area contributed by atoms with Crippen LogP contribution in [0, 0.1) is 25.2 Å². The van der Waals surface area contributed by atoms with Crippen LogP contribution < -0.4 is 10.1 Å². The van der Waals surface area contributed by atoms with Gasteiger partial charge in [-0.15, -0.1) is 0 Å². The third kappa shape index (κ3) is 5.50. The minimum atomic E-state index is -0.467. The molecule has 0 unspecified atom stereocenters. The Morgan fingerprint density at radius 1 is 1.07 bits per heavy atom. The standard InChI is InChI=1S/C25H21ClN2O2/c1-17-10-11-23(12-18(17)2)28-25(29)21(15-27)14-20-7-3-4-9-24(20)30-16-19-6-5-8-22(26)13-19/h3-14H,16H2,1-2H3,(H,28,29)/b21-14+. The maximum absolute atomic E-state index is 12.6. The molecule has 0 aromatic heterocycles. The second-order valence-electron chi connectivity index (χ2n) is 6.88. The third-order valence-electron chi connectivity index (χ3n) is 4.63. The minimum Gasteiger partial charge on any atom is -0.488 e. The van der Waals surface area contributed by atoms with Crippen LogP contribution in [0.4, 0.5) is 5.69 Å². The van der Waals surface area contributed by atoms with Gasteiger partial charge in [0, 0.05) is 16.3 Å². The number of amides is 1. The number of para-hydroxylation sites is 1. The van der Waals surface area contributed by atoms with Crippen molar-refractivity contribution in [1.82, 2.24) is 0 Å². The molecule has 5 heteroatoms. The van der Waals surface area contributed by atoms with Crippen molar-refractivity contribution in [3.05, 3.63) is 99.6 Å². The van der Waals surface area contributed by atoms with Gasteiger partial charge < -0.3 is 10.1 Å². The number of rotatable bonds is 6. The van der Waals surface area contributed by atoms with E-state index in [1.807, 2.05) is 68.4 Å². The summed E-state index contributed by atoms with van der Waals surface area (Å²) < 4.78 is 5.91. The molecule has 0 bridgehead atoms. The number of hydrogen-bond acceptors (Lipinski definition) is 3. The van der Waals surface area contributed by atoms with Crippen LogP contribution in [0.15, 0.2) is 72.3 Å². The van der Waals surface area contributed by atoms with Gasteiger partial charge in [-0.25, -0.2) is 0 Å². The lowest BCUT2D eigenvalue weighted by atomic mass is 10.1. The molecule has 150 valence electrons. The number of carbonyl (C=O) groups excluding carboxylic acids is 1. The molecule has 0 radical (unpaired) electrons. The van der Waals surface area contributed by atoms with Gasteiger partial charge in [0.1, 0.15) is 24.0 Å². The Morgan fingerprint density at radius 3 is 2.60 bits per heavy atom. The summed E-state index contributed by atoms with van der Waals surface area (Å²) >= 11 is 6.02. The van der Waals surface area contributed by atoms with E-state index in [1.165, 1.54) is 6.08 Å². The highest BCUT2D eigenvalue weighted by molar-refractivity contribution is 6.30. The summed E-state index contributed by atoms with van der Waals surface area (Å²) in [7, 11) is 0. The lowest BCUT2D eigenvalue weighted by molar-refractivity contribution is -0.112. The van der Waals surface area contributed by atoms with Crippen LogP contribution in [0.25, 0.3) is 6.08 Å². The predicted molar refractivity (Wildman–Crippen MR) is 120 cm³/mol. The van der Waals surface area contributed by atoms with E-state index in [1.54, 1.807) is 18.2 Å². The molecule has 0 spiro atoms. The van der Waals surface area contributed by atoms with Gasteiger partial charge in [0.25, 0.3) is 5.91 Å². The third-order valence-corrected chi connectivity index (χ3v) is 4.87. The Bertz CT molecular complexity index is 1150. The fraction of sp³-hybridized carbons (Fsp3) is 0.120. The topological polar surface area (TPSA) is 62.1 Å². The van der Waals surface area contributed by atoms with Crippen molar-refractivity contribution >= 4 is 29.3 Å².